The average Bonchev–Trinajstić information content (AvgIpc) is 2.88. The monoisotopic (exact) mass is 366 g/mol. The van der Waals surface area contributed by atoms with Crippen LogP contribution in [0.2, 0.25) is 0 Å². The Labute approximate surface area is 154 Å². The van der Waals surface area contributed by atoms with Crippen molar-refractivity contribution in [2.24, 2.45) is 0 Å². The van der Waals surface area contributed by atoms with Crippen LogP contribution in [0.4, 0.5) is 13.6 Å². The summed E-state index contributed by atoms with van der Waals surface area (Å²) in [4.78, 5) is 26.5. The van der Waals surface area contributed by atoms with Crippen LogP contribution in [0.25, 0.3) is 10.8 Å². The largest absolute Gasteiger partial charge is 0.325 e. The Kier molecular flexibility index (Phi) is 3.91. The van der Waals surface area contributed by atoms with Gasteiger partial charge in [0.2, 0.25) is 0 Å². The molecule has 0 radical (unpaired) electrons. The van der Waals surface area contributed by atoms with Crippen molar-refractivity contribution in [2.75, 3.05) is 0 Å². The number of urea groups is 1. The lowest BCUT2D eigenvalue weighted by molar-refractivity contribution is -0.131. The molecule has 0 unspecified atom stereocenters. The van der Waals surface area contributed by atoms with Crippen LogP contribution in [0.15, 0.2) is 60.7 Å². The van der Waals surface area contributed by atoms with Gasteiger partial charge in [-0.1, -0.05) is 42.5 Å². The van der Waals surface area contributed by atoms with Crippen LogP contribution >= 0.6 is 0 Å². The molecule has 1 aliphatic rings. The maximum Gasteiger partial charge on any atom is 0.325 e. The molecule has 3 aromatic carbocycles. The molecule has 0 aliphatic carbocycles. The molecule has 0 aromatic heterocycles. The van der Waals surface area contributed by atoms with Gasteiger partial charge in [0.15, 0.2) is 0 Å². The SMILES string of the molecule is C[C@@]1(c2cc(F)ccc2F)NC(=O)N(Cc2cccc3ccccc23)C1=O. The predicted molar refractivity (Wildman–Crippen MR) is 96.7 cm³/mol. The molecule has 1 fully saturated rings. The van der Waals surface area contributed by atoms with Gasteiger partial charge in [-0.25, -0.2) is 13.6 Å². The van der Waals surface area contributed by atoms with E-state index in [4.69, 9.17) is 0 Å². The first-order valence-corrected chi connectivity index (χ1v) is 8.46. The van der Waals surface area contributed by atoms with E-state index in [2.05, 4.69) is 5.32 Å². The molecular formula is C21H16F2N2O2. The van der Waals surface area contributed by atoms with Crippen LogP contribution in [-0.4, -0.2) is 16.8 Å². The minimum Gasteiger partial charge on any atom is -0.319 e. The van der Waals surface area contributed by atoms with Crippen LogP contribution in [0, 0.1) is 11.6 Å². The van der Waals surface area contributed by atoms with E-state index >= 15 is 0 Å². The third-order valence-corrected chi connectivity index (χ3v) is 4.95. The number of fused-ring (bicyclic) bond motifs is 1. The lowest BCUT2D eigenvalue weighted by atomic mass is 9.91. The number of carbonyl (C=O) groups is 2. The molecule has 0 saturated carbocycles. The fraction of sp³-hybridized carbons (Fsp3) is 0.143. The summed E-state index contributed by atoms with van der Waals surface area (Å²) in [5, 5.41) is 4.42. The van der Waals surface area contributed by atoms with Gasteiger partial charge in [-0.15, -0.1) is 0 Å². The minimum absolute atomic E-state index is 0.0402. The summed E-state index contributed by atoms with van der Waals surface area (Å²) in [5.41, 5.74) is -1.06. The summed E-state index contributed by atoms with van der Waals surface area (Å²) in [6.07, 6.45) is 0. The Morgan fingerprint density at radius 1 is 1.00 bits per heavy atom. The normalized spacial score (nSPS) is 19.6. The van der Waals surface area contributed by atoms with E-state index < -0.39 is 29.1 Å². The Morgan fingerprint density at radius 3 is 2.56 bits per heavy atom. The first-order valence-electron chi connectivity index (χ1n) is 8.46. The van der Waals surface area contributed by atoms with Crippen molar-refractivity contribution in [3.8, 4) is 0 Å². The molecule has 3 aromatic rings. The van der Waals surface area contributed by atoms with Gasteiger partial charge in [0.1, 0.15) is 17.2 Å². The van der Waals surface area contributed by atoms with Gasteiger partial charge in [0.25, 0.3) is 5.91 Å². The summed E-state index contributed by atoms with van der Waals surface area (Å²) in [5.74, 6) is -2.05. The van der Waals surface area contributed by atoms with E-state index in [-0.39, 0.29) is 12.1 Å². The molecule has 1 saturated heterocycles. The molecule has 4 nitrogen and oxygen atoms in total. The van der Waals surface area contributed by atoms with Gasteiger partial charge in [-0.3, -0.25) is 9.69 Å². The molecule has 1 atom stereocenters. The highest BCUT2D eigenvalue weighted by molar-refractivity contribution is 6.07. The molecule has 0 bridgehead atoms. The number of hydrogen-bond donors (Lipinski definition) is 1. The highest BCUT2D eigenvalue weighted by Gasteiger charge is 2.50. The van der Waals surface area contributed by atoms with Gasteiger partial charge in [0.05, 0.1) is 6.54 Å². The lowest BCUT2D eigenvalue weighted by Gasteiger charge is -2.23. The van der Waals surface area contributed by atoms with Gasteiger partial charge in [-0.05, 0) is 41.5 Å². The molecule has 6 heteroatoms. The van der Waals surface area contributed by atoms with Crippen molar-refractivity contribution in [3.63, 3.8) is 0 Å². The van der Waals surface area contributed by atoms with Crippen LogP contribution in [0.3, 0.4) is 0 Å². The number of amides is 3. The summed E-state index contributed by atoms with van der Waals surface area (Å²) in [7, 11) is 0. The number of nitrogens with zero attached hydrogens (tertiary/aromatic N) is 1. The number of nitrogens with one attached hydrogen (secondary N) is 1. The van der Waals surface area contributed by atoms with E-state index in [0.717, 1.165) is 39.4 Å². The second-order valence-corrected chi connectivity index (χ2v) is 6.71. The highest BCUT2D eigenvalue weighted by Crippen LogP contribution is 2.32. The molecule has 27 heavy (non-hydrogen) atoms. The lowest BCUT2D eigenvalue weighted by Crippen LogP contribution is -2.41. The Hall–Kier alpha value is -3.28. The van der Waals surface area contributed by atoms with E-state index in [1.165, 1.54) is 6.92 Å². The summed E-state index contributed by atoms with van der Waals surface area (Å²) in [6, 6.07) is 15.5. The molecule has 0 spiro atoms. The Bertz CT molecular complexity index is 1080. The minimum atomic E-state index is -1.66. The van der Waals surface area contributed by atoms with Gasteiger partial charge >= 0.3 is 6.03 Å². The smallest absolute Gasteiger partial charge is 0.319 e. The van der Waals surface area contributed by atoms with Crippen molar-refractivity contribution in [3.05, 3.63) is 83.4 Å². The van der Waals surface area contributed by atoms with Crippen molar-refractivity contribution in [1.82, 2.24) is 10.2 Å². The summed E-state index contributed by atoms with van der Waals surface area (Å²) >= 11 is 0. The quantitative estimate of drug-likeness (QED) is 0.710. The Morgan fingerprint density at radius 2 is 1.74 bits per heavy atom. The predicted octanol–water partition coefficient (Wildman–Crippen LogP) is 4.09. The zero-order valence-corrected chi connectivity index (χ0v) is 14.5. The fourth-order valence-corrected chi connectivity index (χ4v) is 3.50. The number of halogens is 2. The molecule has 3 amide bonds. The standard InChI is InChI=1S/C21H16F2N2O2/c1-21(17-11-15(22)9-10-18(17)23)19(26)25(20(27)24-21)12-14-7-4-6-13-5-2-3-8-16(13)14/h2-11H,12H2,1H3,(H,24,27)/t21-/m0/s1. The second-order valence-electron chi connectivity index (χ2n) is 6.71. The van der Waals surface area contributed by atoms with E-state index in [0.29, 0.717) is 0 Å². The van der Waals surface area contributed by atoms with Crippen LogP contribution in [0.5, 0.6) is 0 Å². The zero-order valence-electron chi connectivity index (χ0n) is 14.5. The maximum absolute atomic E-state index is 14.2. The van der Waals surface area contributed by atoms with Crippen LogP contribution < -0.4 is 5.32 Å². The van der Waals surface area contributed by atoms with Gasteiger partial charge in [-0.2, -0.15) is 0 Å². The molecule has 1 aliphatic heterocycles. The van der Waals surface area contributed by atoms with Crippen molar-refractivity contribution < 1.29 is 18.4 Å². The Balaban J connectivity index is 1.72. The summed E-state index contributed by atoms with van der Waals surface area (Å²) in [6.45, 7) is 1.42. The van der Waals surface area contributed by atoms with Crippen molar-refractivity contribution in [1.29, 1.82) is 0 Å². The third-order valence-electron chi connectivity index (χ3n) is 4.95. The topological polar surface area (TPSA) is 49.4 Å². The third kappa shape index (κ3) is 2.73. The number of carbonyl (C=O) groups excluding carboxylic acids is 2. The number of benzene rings is 3. The van der Waals surface area contributed by atoms with E-state index in [1.54, 1.807) is 0 Å². The van der Waals surface area contributed by atoms with Crippen LogP contribution in [-0.2, 0) is 16.9 Å². The van der Waals surface area contributed by atoms with Crippen molar-refractivity contribution >= 4 is 22.7 Å². The first kappa shape index (κ1) is 17.1. The molecule has 4 rings (SSSR count). The van der Waals surface area contributed by atoms with Gasteiger partial charge < -0.3 is 5.32 Å². The summed E-state index contributed by atoms with van der Waals surface area (Å²) < 4.78 is 27.8. The van der Waals surface area contributed by atoms with Gasteiger partial charge in [0, 0.05) is 5.56 Å². The number of rotatable bonds is 3. The average molecular weight is 366 g/mol. The van der Waals surface area contributed by atoms with Crippen molar-refractivity contribution in [2.45, 2.75) is 19.0 Å². The van der Waals surface area contributed by atoms with E-state index in [1.807, 2.05) is 42.5 Å². The first-order chi connectivity index (χ1) is 12.9. The fourth-order valence-electron chi connectivity index (χ4n) is 3.50. The second kappa shape index (κ2) is 6.16. The molecule has 1 heterocycles. The van der Waals surface area contributed by atoms with Crippen LogP contribution in [0.1, 0.15) is 18.1 Å². The molecular weight excluding hydrogens is 350 g/mol. The highest BCUT2D eigenvalue weighted by atomic mass is 19.1. The number of imide groups is 1. The number of hydrogen-bond acceptors (Lipinski definition) is 2. The maximum atomic E-state index is 14.2. The molecule has 136 valence electrons. The zero-order chi connectivity index (χ0) is 19.2. The molecule has 1 N–H and O–H groups in total. The van der Waals surface area contributed by atoms with E-state index in [9.17, 15) is 18.4 Å².